The first kappa shape index (κ1) is 13.8. The molecule has 106 valence electrons. The predicted octanol–water partition coefficient (Wildman–Crippen LogP) is 4.28. The van der Waals surface area contributed by atoms with E-state index in [0.29, 0.717) is 12.4 Å². The quantitative estimate of drug-likeness (QED) is 0.785. The smallest absolute Gasteiger partial charge is 0.227 e. The second kappa shape index (κ2) is 5.68. The molecule has 3 aromatic rings. The lowest BCUT2D eigenvalue weighted by molar-refractivity contribution is 0.432. The summed E-state index contributed by atoms with van der Waals surface area (Å²) in [5.74, 6) is -0.238. The number of halogens is 2. The molecule has 5 heteroatoms. The van der Waals surface area contributed by atoms with Gasteiger partial charge in [-0.15, -0.1) is 0 Å². The standard InChI is InChI=1S/C16H12ClFN2O/c17-13-6-3-7-14(15(13)18)21-16-12-5-2-1-4-11(12)10(8-19)9-20-16/h1-7,9H,8,19H2. The van der Waals surface area contributed by atoms with Crippen molar-refractivity contribution in [2.24, 2.45) is 5.73 Å². The minimum Gasteiger partial charge on any atom is -0.435 e. The first-order chi connectivity index (χ1) is 10.2. The van der Waals surface area contributed by atoms with Gasteiger partial charge in [0.1, 0.15) is 0 Å². The average Bonchev–Trinajstić information content (AvgIpc) is 2.52. The Morgan fingerprint density at radius 2 is 1.86 bits per heavy atom. The van der Waals surface area contributed by atoms with Gasteiger partial charge >= 0.3 is 0 Å². The molecular weight excluding hydrogens is 291 g/mol. The van der Waals surface area contributed by atoms with Crippen molar-refractivity contribution in [3.8, 4) is 11.6 Å². The molecule has 3 rings (SSSR count). The van der Waals surface area contributed by atoms with Crippen LogP contribution in [0.2, 0.25) is 5.02 Å². The highest BCUT2D eigenvalue weighted by molar-refractivity contribution is 6.30. The summed E-state index contributed by atoms with van der Waals surface area (Å²) in [4.78, 5) is 4.23. The summed E-state index contributed by atoms with van der Waals surface area (Å²) in [6.45, 7) is 0.374. The number of aromatic nitrogens is 1. The van der Waals surface area contributed by atoms with E-state index >= 15 is 0 Å². The van der Waals surface area contributed by atoms with Gasteiger partial charge in [-0.25, -0.2) is 9.37 Å². The fourth-order valence-corrected chi connectivity index (χ4v) is 2.30. The molecule has 0 radical (unpaired) electrons. The Morgan fingerprint density at radius 3 is 2.62 bits per heavy atom. The molecule has 2 aromatic carbocycles. The van der Waals surface area contributed by atoms with Crippen LogP contribution in [0.1, 0.15) is 5.56 Å². The van der Waals surface area contributed by atoms with E-state index in [-0.39, 0.29) is 10.8 Å². The molecule has 0 saturated carbocycles. The molecule has 0 atom stereocenters. The zero-order chi connectivity index (χ0) is 14.8. The van der Waals surface area contributed by atoms with Gasteiger partial charge in [-0.2, -0.15) is 0 Å². The summed E-state index contributed by atoms with van der Waals surface area (Å²) in [6, 6.07) is 12.2. The maximum atomic E-state index is 13.9. The normalized spacial score (nSPS) is 10.8. The summed E-state index contributed by atoms with van der Waals surface area (Å²) >= 11 is 5.75. The number of nitrogens with two attached hydrogens (primary N) is 1. The Labute approximate surface area is 126 Å². The Hall–Kier alpha value is -2.17. The van der Waals surface area contributed by atoms with Crippen molar-refractivity contribution in [2.45, 2.75) is 6.54 Å². The van der Waals surface area contributed by atoms with Gasteiger partial charge in [-0.3, -0.25) is 0 Å². The van der Waals surface area contributed by atoms with Crippen molar-refractivity contribution in [2.75, 3.05) is 0 Å². The molecule has 3 nitrogen and oxygen atoms in total. The Morgan fingerprint density at radius 1 is 1.10 bits per heavy atom. The molecule has 0 saturated heterocycles. The number of hydrogen-bond acceptors (Lipinski definition) is 3. The van der Waals surface area contributed by atoms with E-state index in [1.165, 1.54) is 12.1 Å². The fraction of sp³-hybridized carbons (Fsp3) is 0.0625. The first-order valence-corrected chi connectivity index (χ1v) is 6.77. The van der Waals surface area contributed by atoms with Crippen LogP contribution in [0.3, 0.4) is 0 Å². The number of pyridine rings is 1. The molecule has 0 spiro atoms. The third-order valence-corrected chi connectivity index (χ3v) is 3.48. The molecule has 1 heterocycles. The van der Waals surface area contributed by atoms with Crippen LogP contribution in [0.15, 0.2) is 48.7 Å². The Kier molecular flexibility index (Phi) is 3.73. The third-order valence-electron chi connectivity index (χ3n) is 3.18. The molecule has 2 N–H and O–H groups in total. The van der Waals surface area contributed by atoms with Crippen LogP contribution < -0.4 is 10.5 Å². The molecule has 1 aromatic heterocycles. The number of ether oxygens (including phenoxy) is 1. The molecule has 0 amide bonds. The highest BCUT2D eigenvalue weighted by atomic mass is 35.5. The molecule has 0 unspecified atom stereocenters. The zero-order valence-corrected chi connectivity index (χ0v) is 11.8. The highest BCUT2D eigenvalue weighted by Crippen LogP contribution is 2.32. The minimum atomic E-state index is -0.604. The number of hydrogen-bond donors (Lipinski definition) is 1. The van der Waals surface area contributed by atoms with Crippen LogP contribution in [0.4, 0.5) is 4.39 Å². The summed E-state index contributed by atoms with van der Waals surface area (Å²) in [5.41, 5.74) is 6.61. The van der Waals surface area contributed by atoms with Gasteiger partial charge in [0.15, 0.2) is 11.6 Å². The van der Waals surface area contributed by atoms with E-state index in [2.05, 4.69) is 4.98 Å². The topological polar surface area (TPSA) is 48.1 Å². The van der Waals surface area contributed by atoms with Gasteiger partial charge in [0.2, 0.25) is 5.88 Å². The van der Waals surface area contributed by atoms with Crippen LogP contribution in [-0.4, -0.2) is 4.98 Å². The lowest BCUT2D eigenvalue weighted by atomic mass is 10.1. The van der Waals surface area contributed by atoms with Gasteiger partial charge in [0.05, 0.1) is 5.02 Å². The molecule has 0 aliphatic heterocycles. The molecular formula is C16H12ClFN2O. The Bertz CT molecular complexity index is 807. The van der Waals surface area contributed by atoms with E-state index in [9.17, 15) is 4.39 Å². The monoisotopic (exact) mass is 302 g/mol. The third kappa shape index (κ3) is 2.55. The average molecular weight is 303 g/mol. The van der Waals surface area contributed by atoms with Crippen LogP contribution >= 0.6 is 11.6 Å². The second-order valence-electron chi connectivity index (χ2n) is 4.49. The maximum absolute atomic E-state index is 13.9. The van der Waals surface area contributed by atoms with Crippen LogP contribution in [0.5, 0.6) is 11.6 Å². The second-order valence-corrected chi connectivity index (χ2v) is 4.90. The van der Waals surface area contributed by atoms with Crippen LogP contribution in [0, 0.1) is 5.82 Å². The largest absolute Gasteiger partial charge is 0.435 e. The molecule has 21 heavy (non-hydrogen) atoms. The van der Waals surface area contributed by atoms with E-state index in [1.807, 2.05) is 24.3 Å². The SMILES string of the molecule is NCc1cnc(Oc2cccc(Cl)c2F)c2ccccc12. The van der Waals surface area contributed by atoms with Gasteiger partial charge in [-0.05, 0) is 29.1 Å². The lowest BCUT2D eigenvalue weighted by Gasteiger charge is -2.11. The van der Waals surface area contributed by atoms with Crippen LogP contribution in [-0.2, 0) is 6.54 Å². The van der Waals surface area contributed by atoms with E-state index < -0.39 is 5.82 Å². The van der Waals surface area contributed by atoms with Crippen molar-refractivity contribution in [1.82, 2.24) is 4.98 Å². The molecule has 0 aliphatic rings. The minimum absolute atomic E-state index is 0.00961. The maximum Gasteiger partial charge on any atom is 0.227 e. The summed E-state index contributed by atoms with van der Waals surface area (Å²) in [5, 5.41) is 1.72. The van der Waals surface area contributed by atoms with Crippen molar-refractivity contribution < 1.29 is 9.13 Å². The number of nitrogens with zero attached hydrogens (tertiary/aromatic N) is 1. The Balaban J connectivity index is 2.11. The molecule has 0 bridgehead atoms. The van der Waals surface area contributed by atoms with Crippen molar-refractivity contribution in [3.05, 3.63) is 65.1 Å². The van der Waals surface area contributed by atoms with Gasteiger partial charge in [0, 0.05) is 18.1 Å². The number of benzene rings is 2. The molecule has 0 fully saturated rings. The zero-order valence-electron chi connectivity index (χ0n) is 11.0. The van der Waals surface area contributed by atoms with E-state index in [4.69, 9.17) is 22.1 Å². The fourth-order valence-electron chi connectivity index (χ4n) is 2.14. The van der Waals surface area contributed by atoms with E-state index in [0.717, 1.165) is 16.3 Å². The van der Waals surface area contributed by atoms with Gasteiger partial charge in [0.25, 0.3) is 0 Å². The van der Waals surface area contributed by atoms with Crippen molar-refractivity contribution >= 4 is 22.4 Å². The molecule has 0 aliphatic carbocycles. The van der Waals surface area contributed by atoms with Crippen molar-refractivity contribution in [1.29, 1.82) is 0 Å². The van der Waals surface area contributed by atoms with Gasteiger partial charge < -0.3 is 10.5 Å². The van der Waals surface area contributed by atoms with Crippen LogP contribution in [0.25, 0.3) is 10.8 Å². The number of rotatable bonds is 3. The first-order valence-electron chi connectivity index (χ1n) is 6.39. The highest BCUT2D eigenvalue weighted by Gasteiger charge is 2.12. The predicted molar refractivity (Wildman–Crippen MR) is 81.1 cm³/mol. The number of fused-ring (bicyclic) bond motifs is 1. The van der Waals surface area contributed by atoms with E-state index in [1.54, 1.807) is 12.3 Å². The summed E-state index contributed by atoms with van der Waals surface area (Å²) in [7, 11) is 0. The lowest BCUT2D eigenvalue weighted by Crippen LogP contribution is -2.00. The summed E-state index contributed by atoms with van der Waals surface area (Å²) < 4.78 is 19.5. The van der Waals surface area contributed by atoms with Crippen molar-refractivity contribution in [3.63, 3.8) is 0 Å². The summed E-state index contributed by atoms with van der Waals surface area (Å²) in [6.07, 6.45) is 1.64. The van der Waals surface area contributed by atoms with Gasteiger partial charge in [-0.1, -0.05) is 35.9 Å².